The molecular weight excluding hydrogens is 288 g/mol. The Morgan fingerprint density at radius 1 is 1.09 bits per heavy atom. The molecule has 0 saturated heterocycles. The average molecular weight is 310 g/mol. The van der Waals surface area contributed by atoms with E-state index in [9.17, 15) is 4.79 Å². The molecule has 1 aromatic heterocycles. The molecule has 0 bridgehead atoms. The van der Waals surface area contributed by atoms with Crippen LogP contribution < -0.4 is 16.0 Å². The molecule has 2 aromatic rings. The van der Waals surface area contributed by atoms with Crippen molar-refractivity contribution in [2.45, 2.75) is 38.6 Å². The van der Waals surface area contributed by atoms with Crippen LogP contribution in [0.15, 0.2) is 42.6 Å². The van der Waals surface area contributed by atoms with Crippen LogP contribution in [-0.4, -0.2) is 17.1 Å². The largest absolute Gasteiger partial charge is 0.340 e. The predicted molar refractivity (Wildman–Crippen MR) is 93.2 cm³/mol. The summed E-state index contributed by atoms with van der Waals surface area (Å²) < 4.78 is 0. The Kier molecular flexibility index (Phi) is 4.46. The number of nitrogens with zero attached hydrogens (tertiary/aromatic N) is 1. The van der Waals surface area contributed by atoms with Gasteiger partial charge in [-0.3, -0.25) is 0 Å². The van der Waals surface area contributed by atoms with Gasteiger partial charge in [-0.05, 0) is 48.6 Å². The molecule has 0 radical (unpaired) electrons. The van der Waals surface area contributed by atoms with Crippen molar-refractivity contribution >= 4 is 23.2 Å². The molecule has 120 valence electrons. The van der Waals surface area contributed by atoms with Crippen LogP contribution in [-0.2, 0) is 0 Å². The molecule has 5 nitrogen and oxygen atoms in total. The van der Waals surface area contributed by atoms with Gasteiger partial charge in [0.1, 0.15) is 5.82 Å². The predicted octanol–water partition coefficient (Wildman–Crippen LogP) is 4.23. The first-order valence-corrected chi connectivity index (χ1v) is 8.01. The minimum Gasteiger partial charge on any atom is -0.340 e. The Labute approximate surface area is 136 Å². The molecule has 0 spiro atoms. The lowest BCUT2D eigenvalue weighted by molar-refractivity contribution is 0.251. The summed E-state index contributed by atoms with van der Waals surface area (Å²) in [6.07, 6.45) is 3.80. The minimum absolute atomic E-state index is 0.167. The van der Waals surface area contributed by atoms with Gasteiger partial charge in [0.25, 0.3) is 0 Å². The van der Waals surface area contributed by atoms with Crippen molar-refractivity contribution in [2.24, 2.45) is 0 Å². The number of nitrogens with one attached hydrogen (secondary N) is 3. The van der Waals surface area contributed by atoms with Gasteiger partial charge in [-0.15, -0.1) is 0 Å². The number of carbonyl (C=O) groups is 1. The number of anilines is 3. The van der Waals surface area contributed by atoms with Gasteiger partial charge in [-0.1, -0.05) is 26.0 Å². The normalized spacial score (nSPS) is 13.7. The van der Waals surface area contributed by atoms with Gasteiger partial charge in [0, 0.05) is 11.7 Å². The molecule has 5 heteroatoms. The van der Waals surface area contributed by atoms with Gasteiger partial charge >= 0.3 is 6.03 Å². The van der Waals surface area contributed by atoms with Gasteiger partial charge in [0.2, 0.25) is 0 Å². The van der Waals surface area contributed by atoms with Gasteiger partial charge < -0.3 is 16.0 Å². The SMILES string of the molecule is CC(C)c1ccc(Nc2ccc(NC(=O)NC3CC3)cn2)cc1. The van der Waals surface area contributed by atoms with E-state index in [4.69, 9.17) is 0 Å². The summed E-state index contributed by atoms with van der Waals surface area (Å²) in [5, 5.41) is 8.91. The maximum absolute atomic E-state index is 11.7. The number of rotatable bonds is 5. The summed E-state index contributed by atoms with van der Waals surface area (Å²) >= 11 is 0. The molecule has 1 fully saturated rings. The second-order valence-electron chi connectivity index (χ2n) is 6.21. The summed E-state index contributed by atoms with van der Waals surface area (Å²) in [6.45, 7) is 4.35. The van der Waals surface area contributed by atoms with Crippen LogP contribution >= 0.6 is 0 Å². The topological polar surface area (TPSA) is 66.0 Å². The van der Waals surface area contributed by atoms with E-state index in [1.807, 2.05) is 24.3 Å². The second kappa shape index (κ2) is 6.69. The fourth-order valence-electron chi connectivity index (χ4n) is 2.22. The maximum Gasteiger partial charge on any atom is 0.319 e. The molecule has 0 aliphatic heterocycles. The van der Waals surface area contributed by atoms with E-state index in [0.717, 1.165) is 24.3 Å². The van der Waals surface area contributed by atoms with E-state index in [2.05, 4.69) is 46.9 Å². The highest BCUT2D eigenvalue weighted by atomic mass is 16.2. The zero-order valence-electron chi connectivity index (χ0n) is 13.5. The summed E-state index contributed by atoms with van der Waals surface area (Å²) in [7, 11) is 0. The van der Waals surface area contributed by atoms with E-state index >= 15 is 0 Å². The van der Waals surface area contributed by atoms with Crippen LogP contribution in [0.25, 0.3) is 0 Å². The van der Waals surface area contributed by atoms with Crippen LogP contribution in [0.1, 0.15) is 38.2 Å². The number of pyridine rings is 1. The minimum atomic E-state index is -0.167. The zero-order valence-corrected chi connectivity index (χ0v) is 13.5. The number of aromatic nitrogens is 1. The molecule has 2 amide bonds. The van der Waals surface area contributed by atoms with E-state index in [1.54, 1.807) is 6.20 Å². The quantitative estimate of drug-likeness (QED) is 0.774. The summed E-state index contributed by atoms with van der Waals surface area (Å²) in [4.78, 5) is 16.0. The van der Waals surface area contributed by atoms with Crippen LogP contribution in [0.4, 0.5) is 22.0 Å². The number of urea groups is 1. The number of carbonyl (C=O) groups excluding carboxylic acids is 1. The van der Waals surface area contributed by atoms with E-state index in [-0.39, 0.29) is 6.03 Å². The molecule has 23 heavy (non-hydrogen) atoms. The van der Waals surface area contributed by atoms with Crippen molar-refractivity contribution < 1.29 is 4.79 Å². The molecule has 3 N–H and O–H groups in total. The fraction of sp³-hybridized carbons (Fsp3) is 0.333. The molecular formula is C18H22N4O. The Bertz CT molecular complexity index is 660. The summed E-state index contributed by atoms with van der Waals surface area (Å²) in [5.74, 6) is 1.27. The smallest absolute Gasteiger partial charge is 0.319 e. The van der Waals surface area contributed by atoms with Crippen LogP contribution in [0.5, 0.6) is 0 Å². The second-order valence-corrected chi connectivity index (χ2v) is 6.21. The van der Waals surface area contributed by atoms with Gasteiger partial charge in [-0.25, -0.2) is 9.78 Å². The van der Waals surface area contributed by atoms with Crippen LogP contribution in [0.2, 0.25) is 0 Å². The molecule has 1 heterocycles. The van der Waals surface area contributed by atoms with Crippen molar-refractivity contribution in [1.82, 2.24) is 10.3 Å². The van der Waals surface area contributed by atoms with E-state index in [0.29, 0.717) is 17.6 Å². The van der Waals surface area contributed by atoms with Gasteiger partial charge in [0.05, 0.1) is 11.9 Å². The van der Waals surface area contributed by atoms with Gasteiger partial charge in [0.15, 0.2) is 0 Å². The van der Waals surface area contributed by atoms with E-state index in [1.165, 1.54) is 5.56 Å². The first-order valence-electron chi connectivity index (χ1n) is 8.01. The molecule has 1 aliphatic carbocycles. The molecule has 1 saturated carbocycles. The highest BCUT2D eigenvalue weighted by Crippen LogP contribution is 2.21. The zero-order chi connectivity index (χ0) is 16.2. The Morgan fingerprint density at radius 3 is 2.35 bits per heavy atom. The highest BCUT2D eigenvalue weighted by molar-refractivity contribution is 5.89. The molecule has 1 aromatic carbocycles. The third-order valence-corrected chi connectivity index (χ3v) is 3.78. The molecule has 0 atom stereocenters. The van der Waals surface area contributed by atoms with Crippen LogP contribution in [0.3, 0.4) is 0 Å². The lowest BCUT2D eigenvalue weighted by atomic mass is 10.0. The van der Waals surface area contributed by atoms with Crippen molar-refractivity contribution in [3.05, 3.63) is 48.2 Å². The number of hydrogen-bond acceptors (Lipinski definition) is 3. The average Bonchev–Trinajstić information content (AvgIpc) is 3.33. The lowest BCUT2D eigenvalue weighted by Crippen LogP contribution is -2.30. The number of amides is 2. The highest BCUT2D eigenvalue weighted by Gasteiger charge is 2.23. The Hall–Kier alpha value is -2.56. The maximum atomic E-state index is 11.7. The monoisotopic (exact) mass is 310 g/mol. The van der Waals surface area contributed by atoms with Crippen molar-refractivity contribution in [1.29, 1.82) is 0 Å². The van der Waals surface area contributed by atoms with Crippen LogP contribution in [0, 0.1) is 0 Å². The third-order valence-electron chi connectivity index (χ3n) is 3.78. The third kappa shape index (κ3) is 4.45. The van der Waals surface area contributed by atoms with Crippen molar-refractivity contribution in [3.63, 3.8) is 0 Å². The standard InChI is InChI=1S/C18H22N4O/c1-12(2)13-3-5-14(6-4-13)20-17-10-9-16(11-19-17)22-18(23)21-15-7-8-15/h3-6,9-12,15H,7-8H2,1-2H3,(H,19,20)(H2,21,22,23). The molecule has 3 rings (SSSR count). The molecule has 0 unspecified atom stereocenters. The van der Waals surface area contributed by atoms with E-state index < -0.39 is 0 Å². The lowest BCUT2D eigenvalue weighted by Gasteiger charge is -2.10. The number of hydrogen-bond donors (Lipinski definition) is 3. The Morgan fingerprint density at radius 2 is 1.78 bits per heavy atom. The summed E-state index contributed by atoms with van der Waals surface area (Å²) in [6, 6.07) is 12.2. The first-order chi connectivity index (χ1) is 11.1. The first kappa shape index (κ1) is 15.3. The fourth-order valence-corrected chi connectivity index (χ4v) is 2.22. The summed E-state index contributed by atoms with van der Waals surface area (Å²) in [5.41, 5.74) is 2.99. The van der Waals surface area contributed by atoms with Crippen molar-refractivity contribution in [3.8, 4) is 0 Å². The molecule has 1 aliphatic rings. The number of benzene rings is 1. The van der Waals surface area contributed by atoms with Gasteiger partial charge in [-0.2, -0.15) is 0 Å². The Balaban J connectivity index is 1.57. The van der Waals surface area contributed by atoms with Crippen molar-refractivity contribution in [2.75, 3.05) is 10.6 Å².